The molecule has 0 heteroatoms. The molecule has 1 aliphatic carbocycles. The number of benzene rings is 3. The van der Waals surface area contributed by atoms with Crippen molar-refractivity contribution in [1.29, 1.82) is 0 Å². The second-order valence-electron chi connectivity index (χ2n) is 7.65. The first-order chi connectivity index (χ1) is 11.4. The summed E-state index contributed by atoms with van der Waals surface area (Å²) in [5.74, 6) is 0. The zero-order chi connectivity index (χ0) is 17.1. The number of hydrogen-bond acceptors (Lipinski definition) is 0. The Balaban J connectivity index is 2.05. The highest BCUT2D eigenvalue weighted by Crippen LogP contribution is 2.51. The summed E-state index contributed by atoms with van der Waals surface area (Å²) in [5, 5.41) is 0. The second kappa shape index (κ2) is 5.08. The summed E-state index contributed by atoms with van der Waals surface area (Å²) >= 11 is 0. The summed E-state index contributed by atoms with van der Waals surface area (Å²) in [6.07, 6.45) is 0. The summed E-state index contributed by atoms with van der Waals surface area (Å²) in [6.45, 7) is 11.4. The van der Waals surface area contributed by atoms with Crippen molar-refractivity contribution in [2.75, 3.05) is 0 Å². The topological polar surface area (TPSA) is 0 Å². The molecule has 0 radical (unpaired) electrons. The van der Waals surface area contributed by atoms with Crippen molar-refractivity contribution in [1.82, 2.24) is 0 Å². The van der Waals surface area contributed by atoms with Crippen molar-refractivity contribution in [3.05, 3.63) is 82.4 Å². The third-order valence-corrected chi connectivity index (χ3v) is 5.69. The van der Waals surface area contributed by atoms with Gasteiger partial charge in [-0.1, -0.05) is 74.0 Å². The van der Waals surface area contributed by atoms with Crippen LogP contribution in [0.2, 0.25) is 0 Å². The van der Waals surface area contributed by atoms with Crippen LogP contribution >= 0.6 is 0 Å². The van der Waals surface area contributed by atoms with Crippen molar-refractivity contribution in [3.63, 3.8) is 0 Å². The van der Waals surface area contributed by atoms with Crippen molar-refractivity contribution < 1.29 is 0 Å². The Labute approximate surface area is 145 Å². The third kappa shape index (κ3) is 1.99. The Morgan fingerprint density at radius 1 is 0.667 bits per heavy atom. The molecule has 1 aliphatic rings. The van der Waals surface area contributed by atoms with Crippen molar-refractivity contribution >= 4 is 0 Å². The average Bonchev–Trinajstić information content (AvgIpc) is 2.77. The number of hydrogen-bond donors (Lipinski definition) is 0. The highest BCUT2D eigenvalue weighted by molar-refractivity contribution is 5.88. The van der Waals surface area contributed by atoms with Gasteiger partial charge in [-0.25, -0.2) is 0 Å². The van der Waals surface area contributed by atoms with Crippen molar-refractivity contribution in [3.8, 4) is 22.3 Å². The summed E-state index contributed by atoms with van der Waals surface area (Å²) in [4.78, 5) is 0. The van der Waals surface area contributed by atoms with Gasteiger partial charge in [0.15, 0.2) is 0 Å². The molecule has 3 aromatic rings. The maximum atomic E-state index is 2.36. The molecule has 3 aromatic carbocycles. The predicted octanol–water partition coefficient (Wildman–Crippen LogP) is 6.59. The van der Waals surface area contributed by atoms with Gasteiger partial charge in [-0.2, -0.15) is 0 Å². The van der Waals surface area contributed by atoms with Crippen LogP contribution in [0.5, 0.6) is 0 Å². The van der Waals surface area contributed by atoms with E-state index < -0.39 is 0 Å². The third-order valence-electron chi connectivity index (χ3n) is 5.69. The van der Waals surface area contributed by atoms with Crippen LogP contribution in [-0.2, 0) is 5.41 Å². The predicted molar refractivity (Wildman–Crippen MR) is 104 cm³/mol. The lowest BCUT2D eigenvalue weighted by Gasteiger charge is -2.22. The van der Waals surface area contributed by atoms with Gasteiger partial charge in [0.1, 0.15) is 0 Å². The summed E-state index contributed by atoms with van der Waals surface area (Å²) in [5.41, 5.74) is 12.6. The Kier molecular flexibility index (Phi) is 3.22. The molecule has 0 N–H and O–H groups in total. The van der Waals surface area contributed by atoms with Crippen molar-refractivity contribution in [2.24, 2.45) is 0 Å². The molecule has 0 bridgehead atoms. The van der Waals surface area contributed by atoms with E-state index in [-0.39, 0.29) is 5.41 Å². The monoisotopic (exact) mass is 312 g/mol. The zero-order valence-electron chi connectivity index (χ0n) is 15.2. The van der Waals surface area contributed by atoms with Gasteiger partial charge < -0.3 is 0 Å². The maximum Gasteiger partial charge on any atom is 0.0158 e. The van der Waals surface area contributed by atoms with E-state index in [1.165, 1.54) is 50.1 Å². The average molecular weight is 312 g/mol. The maximum absolute atomic E-state index is 2.36. The molecular formula is C24H24. The SMILES string of the molecule is Cc1ccc2c(c1)-c1c(ccc(-c3ccccc3C)c1C)C2(C)C. The van der Waals surface area contributed by atoms with Crippen LogP contribution in [-0.4, -0.2) is 0 Å². The molecule has 0 aromatic heterocycles. The molecule has 0 fully saturated rings. The normalized spacial score (nSPS) is 14.4. The summed E-state index contributed by atoms with van der Waals surface area (Å²) in [6, 6.07) is 20.3. The van der Waals surface area contributed by atoms with Crippen LogP contribution in [0.15, 0.2) is 54.6 Å². The molecule has 0 spiro atoms. The first kappa shape index (κ1) is 15.2. The fourth-order valence-electron chi connectivity index (χ4n) is 4.30. The molecule has 0 amide bonds. The molecule has 0 heterocycles. The minimum absolute atomic E-state index is 0.0768. The highest BCUT2D eigenvalue weighted by Gasteiger charge is 2.36. The molecule has 4 rings (SSSR count). The Bertz CT molecular complexity index is 958. The van der Waals surface area contributed by atoms with Gasteiger partial charge in [0, 0.05) is 5.41 Å². The number of rotatable bonds is 1. The van der Waals surface area contributed by atoms with Crippen LogP contribution in [0, 0.1) is 20.8 Å². The fraction of sp³-hybridized carbons (Fsp3) is 0.250. The van der Waals surface area contributed by atoms with E-state index in [1.54, 1.807) is 0 Å². The Hall–Kier alpha value is -2.34. The van der Waals surface area contributed by atoms with E-state index in [9.17, 15) is 0 Å². The summed E-state index contributed by atoms with van der Waals surface area (Å²) < 4.78 is 0. The van der Waals surface area contributed by atoms with E-state index >= 15 is 0 Å². The largest absolute Gasteiger partial charge is 0.0620 e. The molecule has 0 saturated heterocycles. The van der Waals surface area contributed by atoms with Gasteiger partial charge in [0.2, 0.25) is 0 Å². The van der Waals surface area contributed by atoms with E-state index in [2.05, 4.69) is 89.2 Å². The molecule has 0 nitrogen and oxygen atoms in total. The molecule has 0 saturated carbocycles. The smallest absolute Gasteiger partial charge is 0.0158 e. The summed E-state index contributed by atoms with van der Waals surface area (Å²) in [7, 11) is 0. The molecule has 0 unspecified atom stereocenters. The molecular weight excluding hydrogens is 288 g/mol. The standard InChI is InChI=1S/C24H24/c1-15-10-12-21-20(14-15)23-17(3)19(11-13-22(23)24(21,4)5)18-9-7-6-8-16(18)2/h6-14H,1-5H3. The molecule has 120 valence electrons. The van der Waals surface area contributed by atoms with Gasteiger partial charge >= 0.3 is 0 Å². The second-order valence-corrected chi connectivity index (χ2v) is 7.65. The van der Waals surface area contributed by atoms with Gasteiger partial charge in [-0.15, -0.1) is 0 Å². The lowest BCUT2D eigenvalue weighted by molar-refractivity contribution is 0.660. The number of aryl methyl sites for hydroxylation is 2. The first-order valence-corrected chi connectivity index (χ1v) is 8.73. The molecule has 0 aliphatic heterocycles. The number of fused-ring (bicyclic) bond motifs is 3. The van der Waals surface area contributed by atoms with E-state index in [0.717, 1.165) is 0 Å². The van der Waals surface area contributed by atoms with Gasteiger partial charge in [0.25, 0.3) is 0 Å². The van der Waals surface area contributed by atoms with Crippen LogP contribution < -0.4 is 0 Å². The molecule has 0 atom stereocenters. The van der Waals surface area contributed by atoms with E-state index in [1.807, 2.05) is 0 Å². The van der Waals surface area contributed by atoms with E-state index in [4.69, 9.17) is 0 Å². The van der Waals surface area contributed by atoms with Crippen LogP contribution in [0.25, 0.3) is 22.3 Å². The van der Waals surface area contributed by atoms with Crippen LogP contribution in [0.3, 0.4) is 0 Å². The van der Waals surface area contributed by atoms with Gasteiger partial charge in [0.05, 0.1) is 0 Å². The Morgan fingerprint density at radius 3 is 2.12 bits per heavy atom. The lowest BCUT2D eigenvalue weighted by Crippen LogP contribution is -2.15. The minimum Gasteiger partial charge on any atom is -0.0620 e. The first-order valence-electron chi connectivity index (χ1n) is 8.73. The quantitative estimate of drug-likeness (QED) is 0.476. The van der Waals surface area contributed by atoms with Crippen molar-refractivity contribution in [2.45, 2.75) is 40.0 Å². The minimum atomic E-state index is 0.0768. The zero-order valence-corrected chi connectivity index (χ0v) is 15.2. The highest BCUT2D eigenvalue weighted by atomic mass is 14.4. The Morgan fingerprint density at radius 2 is 1.38 bits per heavy atom. The van der Waals surface area contributed by atoms with Crippen LogP contribution in [0.4, 0.5) is 0 Å². The fourth-order valence-corrected chi connectivity index (χ4v) is 4.30. The van der Waals surface area contributed by atoms with Crippen LogP contribution in [0.1, 0.15) is 41.7 Å². The van der Waals surface area contributed by atoms with E-state index in [0.29, 0.717) is 0 Å². The lowest BCUT2D eigenvalue weighted by atomic mass is 9.81. The van der Waals surface area contributed by atoms with Gasteiger partial charge in [-0.05, 0) is 65.3 Å². The van der Waals surface area contributed by atoms with Gasteiger partial charge in [-0.3, -0.25) is 0 Å². The molecule has 24 heavy (non-hydrogen) atoms.